The van der Waals surface area contributed by atoms with Crippen LogP contribution in [0, 0.1) is 0 Å². The molecule has 9 heteroatoms. The van der Waals surface area contributed by atoms with Crippen molar-refractivity contribution in [3.8, 4) is 0 Å². The lowest BCUT2D eigenvalue weighted by molar-refractivity contribution is -0.136. The number of nitrogens with zero attached hydrogens (tertiary/aromatic N) is 3. The molecule has 0 fully saturated rings. The molecule has 2 amide bonds. The molecule has 0 saturated heterocycles. The maximum absolute atomic E-state index is 12.8. The molecule has 9 nitrogen and oxygen atoms in total. The number of esters is 1. The standard InChI is InChI=1S/C21H23N3O6/c1-4-28-19(25)18-22-17(16-12-11-14-9-7-8-10-15(14)13-16)23(20(26)29-5-2)24(18)21(27)30-6-3/h7-13,17H,4-6H2,1-3H3. The van der Waals surface area contributed by atoms with Gasteiger partial charge in [0.2, 0.25) is 5.84 Å². The van der Waals surface area contributed by atoms with Crippen molar-refractivity contribution >= 4 is 34.8 Å². The van der Waals surface area contributed by atoms with Gasteiger partial charge in [0.1, 0.15) is 0 Å². The smallest absolute Gasteiger partial charge is 0.435 e. The minimum Gasteiger partial charge on any atom is -0.460 e. The van der Waals surface area contributed by atoms with Crippen LogP contribution < -0.4 is 0 Å². The number of carbonyl (C=O) groups excluding carboxylic acids is 3. The third-order valence-electron chi connectivity index (χ3n) is 4.32. The lowest BCUT2D eigenvalue weighted by atomic mass is 10.1. The highest BCUT2D eigenvalue weighted by Gasteiger charge is 2.47. The molecule has 0 spiro atoms. The molecule has 0 aliphatic carbocycles. The van der Waals surface area contributed by atoms with Crippen LogP contribution in [0.2, 0.25) is 0 Å². The van der Waals surface area contributed by atoms with Crippen LogP contribution in [0.15, 0.2) is 47.5 Å². The SMILES string of the molecule is CCOC(=O)C1=NC(c2ccc3ccccc3c2)N(C(=O)OCC)N1C(=O)OCC. The normalized spacial score (nSPS) is 15.7. The van der Waals surface area contributed by atoms with Crippen molar-refractivity contribution < 1.29 is 28.6 Å². The summed E-state index contributed by atoms with van der Waals surface area (Å²) in [7, 11) is 0. The van der Waals surface area contributed by atoms with E-state index >= 15 is 0 Å². The summed E-state index contributed by atoms with van der Waals surface area (Å²) >= 11 is 0. The average Bonchev–Trinajstić information content (AvgIpc) is 3.15. The van der Waals surface area contributed by atoms with Gasteiger partial charge in [-0.3, -0.25) is 0 Å². The molecular weight excluding hydrogens is 390 g/mol. The van der Waals surface area contributed by atoms with Crippen LogP contribution in [0.5, 0.6) is 0 Å². The predicted molar refractivity (Wildman–Crippen MR) is 108 cm³/mol. The Hall–Kier alpha value is -3.62. The average molecular weight is 413 g/mol. The third kappa shape index (κ3) is 4.05. The molecule has 158 valence electrons. The summed E-state index contributed by atoms with van der Waals surface area (Å²) in [5.74, 6) is -1.19. The number of rotatable bonds is 5. The second-order valence-electron chi connectivity index (χ2n) is 6.21. The van der Waals surface area contributed by atoms with Gasteiger partial charge < -0.3 is 14.2 Å². The first-order chi connectivity index (χ1) is 14.5. The lowest BCUT2D eigenvalue weighted by Gasteiger charge is -2.29. The van der Waals surface area contributed by atoms with Crippen molar-refractivity contribution in [2.24, 2.45) is 4.99 Å². The maximum Gasteiger partial charge on any atom is 0.435 e. The minimum absolute atomic E-state index is 0.0444. The first-order valence-electron chi connectivity index (χ1n) is 9.68. The Morgan fingerprint density at radius 1 is 0.867 bits per heavy atom. The van der Waals surface area contributed by atoms with Gasteiger partial charge in [0, 0.05) is 0 Å². The van der Waals surface area contributed by atoms with Crippen molar-refractivity contribution in [2.45, 2.75) is 26.9 Å². The lowest BCUT2D eigenvalue weighted by Crippen LogP contribution is -2.51. The van der Waals surface area contributed by atoms with Gasteiger partial charge in [-0.15, -0.1) is 0 Å². The zero-order chi connectivity index (χ0) is 21.7. The summed E-state index contributed by atoms with van der Waals surface area (Å²) in [6.07, 6.45) is -2.77. The Kier molecular flexibility index (Phi) is 6.51. The largest absolute Gasteiger partial charge is 0.460 e. The van der Waals surface area contributed by atoms with E-state index in [4.69, 9.17) is 14.2 Å². The number of ether oxygens (including phenoxy) is 3. The van der Waals surface area contributed by atoms with Gasteiger partial charge in [-0.05, 0) is 43.2 Å². The van der Waals surface area contributed by atoms with Gasteiger partial charge in [0.15, 0.2) is 6.17 Å². The fraction of sp³-hybridized carbons (Fsp3) is 0.333. The molecule has 1 aliphatic heterocycles. The molecule has 3 rings (SSSR count). The van der Waals surface area contributed by atoms with E-state index in [1.807, 2.05) is 36.4 Å². The zero-order valence-corrected chi connectivity index (χ0v) is 17.0. The van der Waals surface area contributed by atoms with Crippen molar-refractivity contribution in [1.82, 2.24) is 10.0 Å². The molecule has 0 aromatic heterocycles. The van der Waals surface area contributed by atoms with E-state index in [1.165, 1.54) is 0 Å². The number of aliphatic imine (C=N–C) groups is 1. The number of carbonyl (C=O) groups is 3. The predicted octanol–water partition coefficient (Wildman–Crippen LogP) is 3.65. The molecule has 0 saturated carbocycles. The molecule has 0 N–H and O–H groups in total. The van der Waals surface area contributed by atoms with Gasteiger partial charge >= 0.3 is 18.2 Å². The Bertz CT molecular complexity index is 990. The number of hydrogen-bond acceptors (Lipinski definition) is 7. The van der Waals surface area contributed by atoms with E-state index in [1.54, 1.807) is 26.8 Å². The van der Waals surface area contributed by atoms with Crippen molar-refractivity contribution in [3.05, 3.63) is 48.0 Å². The molecule has 0 bridgehead atoms. The second-order valence-corrected chi connectivity index (χ2v) is 6.21. The molecule has 1 heterocycles. The van der Waals surface area contributed by atoms with E-state index in [0.29, 0.717) is 5.56 Å². The molecule has 0 radical (unpaired) electrons. The number of amidine groups is 1. The van der Waals surface area contributed by atoms with Crippen molar-refractivity contribution in [2.75, 3.05) is 19.8 Å². The summed E-state index contributed by atoms with van der Waals surface area (Å²) in [5.41, 5.74) is 0.593. The summed E-state index contributed by atoms with van der Waals surface area (Å²) in [6, 6.07) is 13.2. The second kappa shape index (κ2) is 9.25. The van der Waals surface area contributed by atoms with Gasteiger partial charge in [-0.25, -0.2) is 19.4 Å². The van der Waals surface area contributed by atoms with Crippen LogP contribution in [0.3, 0.4) is 0 Å². The Labute approximate surface area is 173 Å². The molecule has 2 aromatic rings. The van der Waals surface area contributed by atoms with Crippen LogP contribution in [0.4, 0.5) is 9.59 Å². The number of fused-ring (bicyclic) bond motifs is 1. The summed E-state index contributed by atoms with van der Waals surface area (Å²) in [5, 5.41) is 3.66. The van der Waals surface area contributed by atoms with Gasteiger partial charge in [0.25, 0.3) is 0 Å². The Morgan fingerprint density at radius 3 is 2.17 bits per heavy atom. The first kappa shape index (κ1) is 21.1. The molecule has 1 unspecified atom stereocenters. The quantitative estimate of drug-likeness (QED) is 0.548. The number of amides is 2. The molecule has 30 heavy (non-hydrogen) atoms. The molecular formula is C21H23N3O6. The number of benzene rings is 2. The molecule has 2 aromatic carbocycles. The summed E-state index contributed by atoms with van der Waals surface area (Å²) in [4.78, 5) is 42.2. The van der Waals surface area contributed by atoms with Crippen LogP contribution in [0.1, 0.15) is 32.5 Å². The van der Waals surface area contributed by atoms with E-state index in [-0.39, 0.29) is 25.7 Å². The first-order valence-corrected chi connectivity index (χ1v) is 9.68. The van der Waals surface area contributed by atoms with Gasteiger partial charge in [-0.1, -0.05) is 36.4 Å². The number of hydrogen-bond donors (Lipinski definition) is 0. The van der Waals surface area contributed by atoms with E-state index in [9.17, 15) is 14.4 Å². The van der Waals surface area contributed by atoms with E-state index < -0.39 is 24.3 Å². The van der Waals surface area contributed by atoms with Crippen LogP contribution >= 0.6 is 0 Å². The van der Waals surface area contributed by atoms with Crippen LogP contribution in [-0.4, -0.2) is 53.8 Å². The Balaban J connectivity index is 2.11. The van der Waals surface area contributed by atoms with Crippen molar-refractivity contribution in [1.29, 1.82) is 0 Å². The third-order valence-corrected chi connectivity index (χ3v) is 4.32. The highest BCUT2D eigenvalue weighted by molar-refractivity contribution is 6.38. The topological polar surface area (TPSA) is 97.7 Å². The fourth-order valence-corrected chi connectivity index (χ4v) is 3.09. The minimum atomic E-state index is -1.00. The van der Waals surface area contributed by atoms with Crippen LogP contribution in [0.25, 0.3) is 10.8 Å². The Morgan fingerprint density at radius 2 is 1.50 bits per heavy atom. The fourth-order valence-electron chi connectivity index (χ4n) is 3.09. The monoisotopic (exact) mass is 413 g/mol. The zero-order valence-electron chi connectivity index (χ0n) is 17.0. The number of hydrazine groups is 1. The highest BCUT2D eigenvalue weighted by Crippen LogP contribution is 2.33. The van der Waals surface area contributed by atoms with E-state index in [0.717, 1.165) is 20.8 Å². The molecule has 1 atom stereocenters. The van der Waals surface area contributed by atoms with Gasteiger partial charge in [0.05, 0.1) is 19.8 Å². The van der Waals surface area contributed by atoms with E-state index in [2.05, 4.69) is 4.99 Å². The summed E-state index contributed by atoms with van der Waals surface area (Å²) < 4.78 is 15.2. The highest BCUT2D eigenvalue weighted by atomic mass is 16.6. The van der Waals surface area contributed by atoms with Gasteiger partial charge in [-0.2, -0.15) is 10.0 Å². The van der Waals surface area contributed by atoms with Crippen molar-refractivity contribution in [3.63, 3.8) is 0 Å². The van der Waals surface area contributed by atoms with Crippen LogP contribution in [-0.2, 0) is 19.0 Å². The maximum atomic E-state index is 12.8. The summed E-state index contributed by atoms with van der Waals surface area (Å²) in [6.45, 7) is 5.08. The molecule has 1 aliphatic rings.